The first-order valence-corrected chi connectivity index (χ1v) is 7.90. The van der Waals surface area contributed by atoms with Crippen LogP contribution in [-0.2, 0) is 10.0 Å². The van der Waals surface area contributed by atoms with Crippen molar-refractivity contribution in [2.24, 2.45) is 0 Å². The van der Waals surface area contributed by atoms with Gasteiger partial charge in [-0.15, -0.1) is 0 Å². The van der Waals surface area contributed by atoms with Gasteiger partial charge in [0.25, 0.3) is 0 Å². The van der Waals surface area contributed by atoms with Crippen molar-refractivity contribution in [3.63, 3.8) is 0 Å². The smallest absolute Gasteiger partial charge is 0.243 e. The van der Waals surface area contributed by atoms with E-state index in [1.807, 2.05) is 13.8 Å². The van der Waals surface area contributed by atoms with E-state index >= 15 is 0 Å². The second-order valence-corrected chi connectivity index (χ2v) is 6.93. The van der Waals surface area contributed by atoms with E-state index in [0.29, 0.717) is 0 Å². The zero-order valence-electron chi connectivity index (χ0n) is 10.5. The molecule has 0 aromatic carbocycles. The predicted molar refractivity (Wildman–Crippen MR) is 71.0 cm³/mol. The molecule has 1 aliphatic rings. The standard InChI is InChI=1S/C12H17ClN2O2S/c1-9-5-3-6-10(2)15(9)18(16,17)11-7-4-8-14-12(11)13/h4,7-10H,3,5-6H2,1-2H3. The average Bonchev–Trinajstić information content (AvgIpc) is 2.28. The second kappa shape index (κ2) is 5.15. The highest BCUT2D eigenvalue weighted by atomic mass is 35.5. The Labute approximate surface area is 113 Å². The van der Waals surface area contributed by atoms with Crippen LogP contribution in [0.4, 0.5) is 0 Å². The molecule has 0 amide bonds. The van der Waals surface area contributed by atoms with Crippen molar-refractivity contribution in [3.8, 4) is 0 Å². The fraction of sp³-hybridized carbons (Fsp3) is 0.583. The molecule has 2 atom stereocenters. The fourth-order valence-electron chi connectivity index (χ4n) is 2.55. The van der Waals surface area contributed by atoms with E-state index in [0.717, 1.165) is 19.3 Å². The Morgan fingerprint density at radius 1 is 1.33 bits per heavy atom. The molecule has 1 fully saturated rings. The van der Waals surface area contributed by atoms with Crippen LogP contribution in [0.3, 0.4) is 0 Å². The van der Waals surface area contributed by atoms with Gasteiger partial charge in [0, 0.05) is 18.3 Å². The number of pyridine rings is 1. The molecule has 0 spiro atoms. The number of hydrogen-bond donors (Lipinski definition) is 0. The van der Waals surface area contributed by atoms with Gasteiger partial charge in [-0.1, -0.05) is 18.0 Å². The summed E-state index contributed by atoms with van der Waals surface area (Å²) < 4.78 is 26.8. The van der Waals surface area contributed by atoms with E-state index in [2.05, 4.69) is 4.98 Å². The molecule has 0 N–H and O–H groups in total. The van der Waals surface area contributed by atoms with Crippen LogP contribution in [0.15, 0.2) is 23.2 Å². The van der Waals surface area contributed by atoms with Gasteiger partial charge in [0.15, 0.2) is 0 Å². The van der Waals surface area contributed by atoms with Gasteiger partial charge in [-0.3, -0.25) is 0 Å². The summed E-state index contributed by atoms with van der Waals surface area (Å²) >= 11 is 5.91. The molecule has 18 heavy (non-hydrogen) atoms. The number of piperidine rings is 1. The summed E-state index contributed by atoms with van der Waals surface area (Å²) in [5.41, 5.74) is 0. The fourth-order valence-corrected chi connectivity index (χ4v) is 4.86. The number of sulfonamides is 1. The zero-order valence-corrected chi connectivity index (χ0v) is 12.1. The van der Waals surface area contributed by atoms with Gasteiger partial charge in [0.2, 0.25) is 10.0 Å². The Bertz CT molecular complexity index is 523. The van der Waals surface area contributed by atoms with Crippen LogP contribution in [0.25, 0.3) is 0 Å². The molecule has 0 aliphatic carbocycles. The van der Waals surface area contributed by atoms with E-state index in [1.54, 1.807) is 10.4 Å². The zero-order chi connectivity index (χ0) is 13.3. The lowest BCUT2D eigenvalue weighted by molar-refractivity contribution is 0.204. The minimum absolute atomic E-state index is 0.00928. The predicted octanol–water partition coefficient (Wildman–Crippen LogP) is 2.69. The summed E-state index contributed by atoms with van der Waals surface area (Å²) in [6.45, 7) is 3.88. The van der Waals surface area contributed by atoms with Gasteiger partial charge < -0.3 is 0 Å². The van der Waals surface area contributed by atoms with Crippen LogP contribution < -0.4 is 0 Å². The van der Waals surface area contributed by atoms with Crippen molar-refractivity contribution >= 4 is 21.6 Å². The number of rotatable bonds is 2. The number of halogens is 1. The highest BCUT2D eigenvalue weighted by Gasteiger charge is 2.36. The lowest BCUT2D eigenvalue weighted by Gasteiger charge is -2.37. The van der Waals surface area contributed by atoms with Gasteiger partial charge in [-0.25, -0.2) is 13.4 Å². The van der Waals surface area contributed by atoms with E-state index in [-0.39, 0.29) is 22.1 Å². The van der Waals surface area contributed by atoms with Crippen molar-refractivity contribution in [2.45, 2.75) is 50.1 Å². The lowest BCUT2D eigenvalue weighted by atomic mass is 10.0. The van der Waals surface area contributed by atoms with Gasteiger partial charge in [0.1, 0.15) is 10.0 Å². The second-order valence-electron chi connectivity index (χ2n) is 4.76. The van der Waals surface area contributed by atoms with Crippen molar-refractivity contribution in [3.05, 3.63) is 23.5 Å². The van der Waals surface area contributed by atoms with Crippen molar-refractivity contribution < 1.29 is 8.42 Å². The molecule has 0 radical (unpaired) electrons. The average molecular weight is 289 g/mol. The number of aromatic nitrogens is 1. The monoisotopic (exact) mass is 288 g/mol. The maximum absolute atomic E-state index is 12.6. The van der Waals surface area contributed by atoms with Crippen molar-refractivity contribution in [1.82, 2.24) is 9.29 Å². The Hall–Kier alpha value is -0.650. The summed E-state index contributed by atoms with van der Waals surface area (Å²) in [5, 5.41) is 0.0440. The first-order valence-electron chi connectivity index (χ1n) is 6.08. The Kier molecular flexibility index (Phi) is 3.94. The molecule has 100 valence electrons. The first kappa shape index (κ1) is 13.8. The molecule has 4 nitrogen and oxygen atoms in total. The van der Waals surface area contributed by atoms with E-state index in [4.69, 9.17) is 11.6 Å². The van der Waals surface area contributed by atoms with Crippen LogP contribution in [-0.4, -0.2) is 29.8 Å². The van der Waals surface area contributed by atoms with Gasteiger partial charge in [-0.2, -0.15) is 4.31 Å². The quantitative estimate of drug-likeness (QED) is 0.786. The summed E-state index contributed by atoms with van der Waals surface area (Å²) in [5.74, 6) is 0. The molecular formula is C12H17ClN2O2S. The highest BCUT2D eigenvalue weighted by molar-refractivity contribution is 7.89. The maximum atomic E-state index is 12.6. The molecule has 2 heterocycles. The molecule has 2 rings (SSSR count). The van der Waals surface area contributed by atoms with Crippen molar-refractivity contribution in [1.29, 1.82) is 0 Å². The molecule has 1 aromatic rings. The summed E-state index contributed by atoms with van der Waals surface area (Å²) in [6.07, 6.45) is 4.34. The molecule has 1 aliphatic heterocycles. The molecule has 2 unspecified atom stereocenters. The Balaban J connectivity index is 2.45. The lowest BCUT2D eigenvalue weighted by Crippen LogP contribution is -2.47. The third kappa shape index (κ3) is 2.39. The SMILES string of the molecule is CC1CCCC(C)N1S(=O)(=O)c1cccnc1Cl. The van der Waals surface area contributed by atoms with Crippen LogP contribution in [0, 0.1) is 0 Å². The van der Waals surface area contributed by atoms with E-state index < -0.39 is 10.0 Å². The minimum Gasteiger partial charge on any atom is -0.243 e. The third-order valence-corrected chi connectivity index (χ3v) is 5.97. The molecule has 0 bridgehead atoms. The van der Waals surface area contributed by atoms with Crippen LogP contribution in [0.1, 0.15) is 33.1 Å². The van der Waals surface area contributed by atoms with Crippen LogP contribution in [0.2, 0.25) is 5.15 Å². The largest absolute Gasteiger partial charge is 0.246 e. The van der Waals surface area contributed by atoms with E-state index in [1.165, 1.54) is 12.3 Å². The topological polar surface area (TPSA) is 50.3 Å². The Morgan fingerprint density at radius 2 is 1.94 bits per heavy atom. The van der Waals surface area contributed by atoms with Gasteiger partial charge in [-0.05, 0) is 38.8 Å². The third-order valence-electron chi connectivity index (χ3n) is 3.39. The molecular weight excluding hydrogens is 272 g/mol. The molecule has 0 saturated carbocycles. The Morgan fingerprint density at radius 3 is 2.50 bits per heavy atom. The minimum atomic E-state index is -3.55. The number of hydrogen-bond acceptors (Lipinski definition) is 3. The summed E-state index contributed by atoms with van der Waals surface area (Å²) in [4.78, 5) is 3.95. The van der Waals surface area contributed by atoms with Crippen LogP contribution in [0.5, 0.6) is 0 Å². The summed E-state index contributed by atoms with van der Waals surface area (Å²) in [7, 11) is -3.55. The normalized spacial score (nSPS) is 26.2. The van der Waals surface area contributed by atoms with Gasteiger partial charge in [0.05, 0.1) is 0 Å². The molecule has 6 heteroatoms. The maximum Gasteiger partial charge on any atom is 0.246 e. The van der Waals surface area contributed by atoms with E-state index in [9.17, 15) is 8.42 Å². The van der Waals surface area contributed by atoms with Crippen molar-refractivity contribution in [2.75, 3.05) is 0 Å². The molecule has 1 aromatic heterocycles. The van der Waals surface area contributed by atoms with Crippen LogP contribution >= 0.6 is 11.6 Å². The van der Waals surface area contributed by atoms with Gasteiger partial charge >= 0.3 is 0 Å². The summed E-state index contributed by atoms with van der Waals surface area (Å²) in [6, 6.07) is 3.13. The first-order chi connectivity index (χ1) is 8.44. The highest BCUT2D eigenvalue weighted by Crippen LogP contribution is 2.31. The number of nitrogens with zero attached hydrogens (tertiary/aromatic N) is 2. The molecule has 1 saturated heterocycles.